The summed E-state index contributed by atoms with van der Waals surface area (Å²) in [5, 5.41) is 6.07. The number of nitrogens with zero attached hydrogens (tertiary/aromatic N) is 5. The van der Waals surface area contributed by atoms with E-state index in [0.717, 1.165) is 5.56 Å². The van der Waals surface area contributed by atoms with Gasteiger partial charge in [0.2, 0.25) is 11.9 Å². The van der Waals surface area contributed by atoms with Crippen molar-refractivity contribution in [1.29, 1.82) is 0 Å². The number of aromatic nitrogens is 4. The summed E-state index contributed by atoms with van der Waals surface area (Å²) in [5.74, 6) is 1.80. The first-order valence-corrected chi connectivity index (χ1v) is 8.73. The van der Waals surface area contributed by atoms with Crippen LogP contribution >= 0.6 is 0 Å². The Hall–Kier alpha value is -3.55. The lowest BCUT2D eigenvalue weighted by Gasteiger charge is -2.36. The largest absolute Gasteiger partial charge is 0.352 e. The van der Waals surface area contributed by atoms with Crippen molar-refractivity contribution in [3.63, 3.8) is 0 Å². The minimum Gasteiger partial charge on any atom is -0.352 e. The number of piperazine rings is 1. The molecule has 8 heteroatoms. The second kappa shape index (κ2) is 7.77. The smallest absolute Gasteiger partial charge is 0.247 e. The van der Waals surface area contributed by atoms with E-state index in [4.69, 9.17) is 0 Å². The Kier molecular flexibility index (Phi) is 4.86. The molecule has 3 heterocycles. The molecule has 1 aliphatic rings. The fraction of sp³-hybridized carbons (Fsp3) is 0.211. The normalized spacial score (nSPS) is 16.7. The van der Waals surface area contributed by atoms with E-state index in [9.17, 15) is 4.79 Å². The van der Waals surface area contributed by atoms with Crippen LogP contribution in [0.2, 0.25) is 0 Å². The number of hydrogen-bond acceptors (Lipinski definition) is 7. The quantitative estimate of drug-likeness (QED) is 0.712. The predicted molar refractivity (Wildman–Crippen MR) is 101 cm³/mol. The molecule has 0 radical (unpaired) electrons. The van der Waals surface area contributed by atoms with Crippen LogP contribution in [0.4, 0.5) is 11.8 Å². The van der Waals surface area contributed by atoms with Crippen LogP contribution in [-0.4, -0.2) is 38.9 Å². The third-order valence-electron chi connectivity index (χ3n) is 4.29. The molecule has 1 unspecified atom stereocenters. The number of benzene rings is 1. The lowest BCUT2D eigenvalue weighted by atomic mass is 10.0. The number of anilines is 2. The van der Waals surface area contributed by atoms with Gasteiger partial charge in [0, 0.05) is 31.7 Å². The lowest BCUT2D eigenvalue weighted by molar-refractivity contribution is -0.123. The molecule has 8 nitrogen and oxygen atoms in total. The highest BCUT2D eigenvalue weighted by molar-refractivity contribution is 5.87. The van der Waals surface area contributed by atoms with E-state index in [-0.39, 0.29) is 5.91 Å². The molecule has 1 amide bonds. The summed E-state index contributed by atoms with van der Waals surface area (Å²) in [7, 11) is 0. The number of rotatable bonds is 5. The Morgan fingerprint density at radius 1 is 1.04 bits per heavy atom. The molecule has 27 heavy (non-hydrogen) atoms. The monoisotopic (exact) mass is 361 g/mol. The SMILES string of the molecule is O=C1NCCN(c2ccnc(NCc3ncccn3)n2)C1c1ccccc1. The third kappa shape index (κ3) is 3.84. The first-order valence-electron chi connectivity index (χ1n) is 8.73. The van der Waals surface area contributed by atoms with E-state index in [2.05, 4.69) is 30.6 Å². The molecule has 1 atom stereocenters. The minimum absolute atomic E-state index is 0.0294. The van der Waals surface area contributed by atoms with Crippen molar-refractivity contribution >= 4 is 17.7 Å². The Morgan fingerprint density at radius 3 is 2.67 bits per heavy atom. The van der Waals surface area contributed by atoms with Gasteiger partial charge in [0.1, 0.15) is 17.7 Å². The Balaban J connectivity index is 1.57. The zero-order valence-electron chi connectivity index (χ0n) is 14.6. The average molecular weight is 361 g/mol. The van der Waals surface area contributed by atoms with Gasteiger partial charge in [-0.2, -0.15) is 4.98 Å². The van der Waals surface area contributed by atoms with Crippen LogP contribution in [0.3, 0.4) is 0 Å². The maximum absolute atomic E-state index is 12.5. The van der Waals surface area contributed by atoms with E-state index in [1.54, 1.807) is 24.7 Å². The summed E-state index contributed by atoms with van der Waals surface area (Å²) >= 11 is 0. The van der Waals surface area contributed by atoms with Crippen LogP contribution in [0.25, 0.3) is 0 Å². The molecular formula is C19H19N7O. The highest BCUT2D eigenvalue weighted by Crippen LogP contribution is 2.28. The number of carbonyl (C=O) groups is 1. The van der Waals surface area contributed by atoms with Gasteiger partial charge < -0.3 is 15.5 Å². The second-order valence-electron chi connectivity index (χ2n) is 6.05. The van der Waals surface area contributed by atoms with Crippen LogP contribution in [0.1, 0.15) is 17.4 Å². The van der Waals surface area contributed by atoms with Gasteiger partial charge in [-0.05, 0) is 17.7 Å². The molecule has 1 saturated heterocycles. The summed E-state index contributed by atoms with van der Waals surface area (Å²) in [4.78, 5) is 31.7. The molecular weight excluding hydrogens is 342 g/mol. The molecule has 4 rings (SSSR count). The molecule has 0 aliphatic carbocycles. The summed E-state index contributed by atoms with van der Waals surface area (Å²) in [6, 6.07) is 12.9. The molecule has 3 aromatic rings. The molecule has 136 valence electrons. The first kappa shape index (κ1) is 16.9. The van der Waals surface area contributed by atoms with Crippen molar-refractivity contribution in [3.05, 3.63) is 72.4 Å². The highest BCUT2D eigenvalue weighted by Gasteiger charge is 2.32. The molecule has 1 fully saturated rings. The number of carbonyl (C=O) groups excluding carboxylic acids is 1. The van der Waals surface area contributed by atoms with Crippen LogP contribution in [0.15, 0.2) is 61.1 Å². The van der Waals surface area contributed by atoms with Gasteiger partial charge in [-0.3, -0.25) is 4.79 Å². The van der Waals surface area contributed by atoms with Crippen molar-refractivity contribution in [2.75, 3.05) is 23.3 Å². The number of hydrogen-bond donors (Lipinski definition) is 2. The minimum atomic E-state index is -0.417. The van der Waals surface area contributed by atoms with E-state index < -0.39 is 6.04 Å². The summed E-state index contributed by atoms with van der Waals surface area (Å²) in [5.41, 5.74) is 0.931. The van der Waals surface area contributed by atoms with Crippen molar-refractivity contribution in [3.8, 4) is 0 Å². The Morgan fingerprint density at radius 2 is 1.85 bits per heavy atom. The third-order valence-corrected chi connectivity index (χ3v) is 4.29. The summed E-state index contributed by atoms with van der Waals surface area (Å²) in [6.07, 6.45) is 5.07. The van der Waals surface area contributed by atoms with Crippen molar-refractivity contribution in [2.45, 2.75) is 12.6 Å². The van der Waals surface area contributed by atoms with Crippen molar-refractivity contribution < 1.29 is 4.79 Å². The van der Waals surface area contributed by atoms with Crippen LogP contribution in [0, 0.1) is 0 Å². The van der Waals surface area contributed by atoms with Gasteiger partial charge in [0.15, 0.2) is 0 Å². The molecule has 1 aliphatic heterocycles. The molecule has 0 spiro atoms. The molecule has 2 aromatic heterocycles. The topological polar surface area (TPSA) is 95.9 Å². The van der Waals surface area contributed by atoms with Gasteiger partial charge in [0.25, 0.3) is 0 Å². The maximum atomic E-state index is 12.5. The van der Waals surface area contributed by atoms with E-state index in [1.807, 2.05) is 41.3 Å². The van der Waals surface area contributed by atoms with Crippen LogP contribution in [-0.2, 0) is 11.3 Å². The average Bonchev–Trinajstić information content (AvgIpc) is 2.74. The van der Waals surface area contributed by atoms with Gasteiger partial charge in [0.05, 0.1) is 6.54 Å². The maximum Gasteiger partial charge on any atom is 0.247 e. The Labute approximate surface area is 156 Å². The van der Waals surface area contributed by atoms with Crippen LogP contribution < -0.4 is 15.5 Å². The highest BCUT2D eigenvalue weighted by atomic mass is 16.2. The molecule has 2 N–H and O–H groups in total. The van der Waals surface area contributed by atoms with Gasteiger partial charge in [-0.25, -0.2) is 15.0 Å². The predicted octanol–water partition coefficient (Wildman–Crippen LogP) is 1.56. The molecule has 0 bridgehead atoms. The van der Waals surface area contributed by atoms with Gasteiger partial charge >= 0.3 is 0 Å². The van der Waals surface area contributed by atoms with E-state index >= 15 is 0 Å². The van der Waals surface area contributed by atoms with Crippen LogP contribution in [0.5, 0.6) is 0 Å². The van der Waals surface area contributed by atoms with Crippen molar-refractivity contribution in [2.24, 2.45) is 0 Å². The second-order valence-corrected chi connectivity index (χ2v) is 6.05. The first-order chi connectivity index (χ1) is 13.3. The zero-order chi connectivity index (χ0) is 18.5. The number of amides is 1. The summed E-state index contributed by atoms with van der Waals surface area (Å²) in [6.45, 7) is 1.67. The van der Waals surface area contributed by atoms with E-state index in [0.29, 0.717) is 37.2 Å². The van der Waals surface area contributed by atoms with Gasteiger partial charge in [-0.1, -0.05) is 30.3 Å². The standard InChI is InChI=1S/C19H19N7O/c27-18-17(14-5-2-1-3-6-14)26(12-11-22-18)16-7-10-23-19(25-16)24-13-15-20-8-4-9-21-15/h1-10,17H,11-13H2,(H,22,27)(H,23,24,25). The molecule has 1 aromatic carbocycles. The summed E-state index contributed by atoms with van der Waals surface area (Å²) < 4.78 is 0. The fourth-order valence-electron chi connectivity index (χ4n) is 3.05. The molecule has 0 saturated carbocycles. The van der Waals surface area contributed by atoms with Crippen molar-refractivity contribution in [1.82, 2.24) is 25.3 Å². The number of nitrogens with one attached hydrogen (secondary N) is 2. The zero-order valence-corrected chi connectivity index (χ0v) is 14.6. The lowest BCUT2D eigenvalue weighted by Crippen LogP contribution is -2.50. The fourth-order valence-corrected chi connectivity index (χ4v) is 3.05. The van der Waals surface area contributed by atoms with E-state index in [1.165, 1.54) is 0 Å². The Bertz CT molecular complexity index is 904. The van der Waals surface area contributed by atoms with Gasteiger partial charge in [-0.15, -0.1) is 0 Å².